The fourth-order valence-electron chi connectivity index (χ4n) is 3.30. The molecule has 0 aromatic heterocycles. The van der Waals surface area contributed by atoms with E-state index in [1.165, 1.54) is 0 Å². The van der Waals surface area contributed by atoms with Gasteiger partial charge in [0.25, 0.3) is 0 Å². The number of rotatable bonds is 0. The number of hydrazone groups is 2. The fraction of sp³-hybridized carbons (Fsp3) is 0.833. The van der Waals surface area contributed by atoms with Crippen LogP contribution in [0.5, 0.6) is 0 Å². The summed E-state index contributed by atoms with van der Waals surface area (Å²) >= 11 is 0. The van der Waals surface area contributed by atoms with Crippen molar-refractivity contribution in [2.24, 2.45) is 10.2 Å². The van der Waals surface area contributed by atoms with E-state index in [0.717, 1.165) is 9.56 Å². The average molecular weight is 549 g/mol. The molecule has 1 spiro atoms. The number of carbonyl (C=O) groups is 2. The van der Waals surface area contributed by atoms with E-state index >= 15 is 0 Å². The van der Waals surface area contributed by atoms with Crippen LogP contribution in [0.3, 0.4) is 0 Å². The topological polar surface area (TPSA) is 121 Å². The molecule has 0 unspecified atom stereocenters. The summed E-state index contributed by atoms with van der Waals surface area (Å²) in [7, 11) is -5.10. The molecule has 37 heavy (non-hydrogen) atoms. The van der Waals surface area contributed by atoms with Crippen molar-refractivity contribution in [1.82, 2.24) is 9.56 Å². The van der Waals surface area contributed by atoms with Gasteiger partial charge in [-0.2, -0.15) is 0 Å². The van der Waals surface area contributed by atoms with Gasteiger partial charge in [0.2, 0.25) is 0 Å². The van der Waals surface area contributed by atoms with Gasteiger partial charge < -0.3 is 0 Å². The van der Waals surface area contributed by atoms with Crippen LogP contribution in [0.15, 0.2) is 10.2 Å². The quantitative estimate of drug-likeness (QED) is 0.306. The Balaban J connectivity index is 2.89. The summed E-state index contributed by atoms with van der Waals surface area (Å²) in [6.45, 7) is 26.2. The SMILES string of the molecule is CC(C)(C)OC(=O)N1N=C(OC(C)(C)C)OP12(C(C)(C)C)OC(OC(C)(C)C)=NN2C(=O)OC(C)(C)C. The Morgan fingerprint density at radius 3 is 1.11 bits per heavy atom. The zero-order valence-corrected chi connectivity index (χ0v) is 25.9. The van der Waals surface area contributed by atoms with E-state index in [-0.39, 0.29) is 12.2 Å². The van der Waals surface area contributed by atoms with Crippen molar-refractivity contribution in [2.75, 3.05) is 0 Å². The van der Waals surface area contributed by atoms with E-state index in [4.69, 9.17) is 28.0 Å². The number of ether oxygens (including phenoxy) is 4. The summed E-state index contributed by atoms with van der Waals surface area (Å²) in [6.07, 6.45) is -2.42. The zero-order chi connectivity index (χ0) is 29.1. The molecule has 12 nitrogen and oxygen atoms in total. The van der Waals surface area contributed by atoms with Gasteiger partial charge in [-0.05, 0) is 0 Å². The minimum absolute atomic E-state index is 0.285. The standard InChI is InChI=1S/C24H45N4O8P/c1-20(2,3)31-16-25-27(18(29)33-22(7,8)9)37(35-16,24(13,14)15)28(19(30)34-23(10,11)12)26-17(36-37)32-21(4,5)6/h1-15H3. The van der Waals surface area contributed by atoms with Gasteiger partial charge >= 0.3 is 220 Å². The zero-order valence-electron chi connectivity index (χ0n) is 25.0. The van der Waals surface area contributed by atoms with Gasteiger partial charge in [0.15, 0.2) is 0 Å². The number of hydrogen-bond donors (Lipinski definition) is 0. The summed E-state index contributed by atoms with van der Waals surface area (Å²) in [5.74, 6) is 0. The molecule has 2 aliphatic heterocycles. The second-order valence-electron chi connectivity index (χ2n) is 13.9. The van der Waals surface area contributed by atoms with Crippen molar-refractivity contribution in [1.29, 1.82) is 0 Å². The Kier molecular flexibility index (Phi) is 7.29. The number of amides is 2. The molecule has 2 rings (SSSR count). The predicted octanol–water partition coefficient (Wildman–Crippen LogP) is 6.71. The Bertz CT molecular complexity index is 919. The van der Waals surface area contributed by atoms with Gasteiger partial charge in [-0.25, -0.2) is 0 Å². The maximum absolute atomic E-state index is 13.8. The second kappa shape index (κ2) is 8.78. The first-order chi connectivity index (χ1) is 16.2. The van der Waals surface area contributed by atoms with Crippen LogP contribution < -0.4 is 0 Å². The normalized spacial score (nSPS) is 20.7. The van der Waals surface area contributed by atoms with Crippen molar-refractivity contribution < 1.29 is 37.6 Å². The van der Waals surface area contributed by atoms with E-state index in [1.54, 1.807) is 104 Å². The van der Waals surface area contributed by atoms with Gasteiger partial charge in [-0.1, -0.05) is 0 Å². The van der Waals surface area contributed by atoms with E-state index in [0.29, 0.717) is 0 Å². The summed E-state index contributed by atoms with van der Waals surface area (Å²) in [5.41, 5.74) is -3.35. The van der Waals surface area contributed by atoms with Crippen molar-refractivity contribution in [3.8, 4) is 0 Å². The molecule has 0 radical (unpaired) electrons. The molecule has 0 atom stereocenters. The molecule has 2 aliphatic rings. The molecular weight excluding hydrogens is 503 g/mol. The Morgan fingerprint density at radius 1 is 0.595 bits per heavy atom. The first-order valence-corrected chi connectivity index (χ1v) is 14.2. The Morgan fingerprint density at radius 2 is 0.892 bits per heavy atom. The first kappa shape index (κ1) is 30.7. The van der Waals surface area contributed by atoms with Gasteiger partial charge in [0.05, 0.1) is 0 Å². The summed E-state index contributed by atoms with van der Waals surface area (Å²) in [6, 6.07) is 0. The first-order valence-electron chi connectivity index (χ1n) is 12.2. The van der Waals surface area contributed by atoms with Crippen molar-refractivity contribution in [3.05, 3.63) is 0 Å². The summed E-state index contributed by atoms with van der Waals surface area (Å²) in [5, 5.41) is 7.60. The van der Waals surface area contributed by atoms with Gasteiger partial charge in [0, 0.05) is 0 Å². The van der Waals surface area contributed by atoms with Crippen molar-refractivity contribution in [2.45, 2.75) is 131 Å². The van der Waals surface area contributed by atoms with Crippen LogP contribution in [0.1, 0.15) is 104 Å². The molecule has 0 bridgehead atoms. The van der Waals surface area contributed by atoms with Gasteiger partial charge in [-0.15, -0.1) is 0 Å². The Labute approximate surface area is 220 Å². The number of nitrogens with zero attached hydrogens (tertiary/aromatic N) is 4. The molecule has 0 aliphatic carbocycles. The molecule has 0 saturated carbocycles. The third-order valence-electron chi connectivity index (χ3n) is 4.55. The maximum atomic E-state index is 13.8. The van der Waals surface area contributed by atoms with E-state index < -0.39 is 47.1 Å². The van der Waals surface area contributed by atoms with E-state index in [9.17, 15) is 9.59 Å². The summed E-state index contributed by atoms with van der Waals surface area (Å²) < 4.78 is 38.1. The molecule has 0 aromatic carbocycles. The monoisotopic (exact) mass is 548 g/mol. The fourth-order valence-corrected chi connectivity index (χ4v) is 7.32. The molecule has 214 valence electrons. The van der Waals surface area contributed by atoms with Crippen LogP contribution in [0.4, 0.5) is 9.59 Å². The molecule has 2 heterocycles. The van der Waals surface area contributed by atoms with Crippen LogP contribution >= 0.6 is 7.36 Å². The molecular formula is C24H45N4O8P. The molecule has 0 fully saturated rings. The third-order valence-corrected chi connectivity index (χ3v) is 9.66. The molecule has 0 saturated heterocycles. The van der Waals surface area contributed by atoms with E-state index in [2.05, 4.69) is 10.2 Å². The van der Waals surface area contributed by atoms with Gasteiger partial charge in [-0.3, -0.25) is 0 Å². The minimum atomic E-state index is -5.10. The average Bonchev–Trinajstić information content (AvgIpc) is 3.06. The Hall–Kier alpha value is -2.49. The molecule has 13 heteroatoms. The van der Waals surface area contributed by atoms with Crippen LogP contribution in [0.25, 0.3) is 0 Å². The van der Waals surface area contributed by atoms with E-state index in [1.807, 2.05) is 0 Å². The molecule has 0 aromatic rings. The van der Waals surface area contributed by atoms with Crippen molar-refractivity contribution in [3.63, 3.8) is 0 Å². The van der Waals surface area contributed by atoms with Crippen molar-refractivity contribution >= 4 is 31.7 Å². The van der Waals surface area contributed by atoms with Crippen LogP contribution in [-0.4, -0.2) is 61.5 Å². The molecule has 2 amide bonds. The van der Waals surface area contributed by atoms with Gasteiger partial charge in [0.1, 0.15) is 0 Å². The van der Waals surface area contributed by atoms with Crippen LogP contribution in [0.2, 0.25) is 0 Å². The van der Waals surface area contributed by atoms with Crippen LogP contribution in [0, 0.1) is 0 Å². The number of carbonyl (C=O) groups excluding carboxylic acids is 2. The molecule has 0 N–H and O–H groups in total. The second-order valence-corrected chi connectivity index (χ2v) is 18.1. The number of hydrogen-bond acceptors (Lipinski definition) is 10. The summed E-state index contributed by atoms with van der Waals surface area (Å²) in [4.78, 5) is 27.5. The predicted molar refractivity (Wildman–Crippen MR) is 142 cm³/mol. The third kappa shape index (κ3) is 6.16. The van der Waals surface area contributed by atoms with Crippen LogP contribution in [-0.2, 0) is 28.0 Å².